The first-order valence-corrected chi connectivity index (χ1v) is 8.19. The summed E-state index contributed by atoms with van der Waals surface area (Å²) in [6, 6.07) is 13.7. The summed E-state index contributed by atoms with van der Waals surface area (Å²) in [6.07, 6.45) is 4.20. The van der Waals surface area contributed by atoms with Crippen LogP contribution in [-0.2, 0) is 4.79 Å². The Bertz CT molecular complexity index is 829. The van der Waals surface area contributed by atoms with E-state index in [2.05, 4.69) is 21.8 Å². The fourth-order valence-electron chi connectivity index (χ4n) is 3.07. The van der Waals surface area contributed by atoms with Gasteiger partial charge in [-0.3, -0.25) is 4.79 Å². The summed E-state index contributed by atoms with van der Waals surface area (Å²) in [5, 5.41) is 28.4. The maximum atomic E-state index is 12.3. The molecule has 126 valence electrons. The molecule has 25 heavy (non-hydrogen) atoms. The van der Waals surface area contributed by atoms with Crippen molar-refractivity contribution in [2.24, 2.45) is 5.92 Å². The third-order valence-electron chi connectivity index (χ3n) is 4.35. The van der Waals surface area contributed by atoms with E-state index >= 15 is 0 Å². The second-order valence-electron chi connectivity index (χ2n) is 5.97. The lowest BCUT2D eigenvalue weighted by molar-refractivity contribution is -0.115. The van der Waals surface area contributed by atoms with E-state index in [4.69, 9.17) is 5.26 Å². The van der Waals surface area contributed by atoms with E-state index in [1.54, 1.807) is 0 Å². The smallest absolute Gasteiger partial charge is 0.239 e. The first-order chi connectivity index (χ1) is 12.2. The standard InChI is InChI=1S/C18H18N6O/c19-9-13-5-4-8-16(13)21-12-17(25)23-18-14(10-20)11-22-24(18)15-6-2-1-3-7-15/h1-3,6-7,11,13,16,21H,4-5,8,12H2,(H,23,25)/t13-,16-/m0/s1. The number of carbonyl (C=O) groups is 1. The van der Waals surface area contributed by atoms with Crippen LogP contribution >= 0.6 is 0 Å². The minimum atomic E-state index is -0.266. The lowest BCUT2D eigenvalue weighted by Crippen LogP contribution is -2.38. The molecule has 1 fully saturated rings. The first-order valence-electron chi connectivity index (χ1n) is 8.19. The van der Waals surface area contributed by atoms with Gasteiger partial charge in [-0.05, 0) is 25.0 Å². The predicted octanol–water partition coefficient (Wildman–Crippen LogP) is 1.96. The second kappa shape index (κ2) is 7.61. The zero-order chi connectivity index (χ0) is 17.6. The first kappa shape index (κ1) is 16.7. The van der Waals surface area contributed by atoms with E-state index < -0.39 is 0 Å². The van der Waals surface area contributed by atoms with Gasteiger partial charge < -0.3 is 10.6 Å². The lowest BCUT2D eigenvalue weighted by Gasteiger charge is -2.15. The lowest BCUT2D eigenvalue weighted by atomic mass is 10.1. The molecular weight excluding hydrogens is 316 g/mol. The Labute approximate surface area is 145 Å². The molecule has 2 aromatic rings. The summed E-state index contributed by atoms with van der Waals surface area (Å²) in [6.45, 7) is 0.0910. The van der Waals surface area contributed by atoms with Gasteiger partial charge in [0.2, 0.25) is 5.91 Å². The van der Waals surface area contributed by atoms with Crippen LogP contribution in [0.4, 0.5) is 5.82 Å². The minimum Gasteiger partial charge on any atom is -0.308 e. The van der Waals surface area contributed by atoms with Gasteiger partial charge in [-0.1, -0.05) is 24.6 Å². The van der Waals surface area contributed by atoms with Crippen molar-refractivity contribution < 1.29 is 4.79 Å². The number of para-hydroxylation sites is 1. The van der Waals surface area contributed by atoms with Gasteiger partial charge in [-0.2, -0.15) is 15.6 Å². The van der Waals surface area contributed by atoms with Gasteiger partial charge in [0.1, 0.15) is 11.6 Å². The summed E-state index contributed by atoms with van der Waals surface area (Å²) >= 11 is 0. The van der Waals surface area contributed by atoms with Crippen molar-refractivity contribution in [3.63, 3.8) is 0 Å². The van der Waals surface area contributed by atoms with E-state index in [1.807, 2.05) is 36.4 Å². The quantitative estimate of drug-likeness (QED) is 0.869. The molecule has 0 bridgehead atoms. The number of anilines is 1. The summed E-state index contributed by atoms with van der Waals surface area (Å²) in [5.41, 5.74) is 1.06. The number of nitriles is 2. The van der Waals surface area contributed by atoms with Crippen molar-refractivity contribution in [3.05, 3.63) is 42.1 Å². The van der Waals surface area contributed by atoms with Crippen LogP contribution in [0.15, 0.2) is 36.5 Å². The van der Waals surface area contributed by atoms with Crippen LogP contribution in [0.1, 0.15) is 24.8 Å². The van der Waals surface area contributed by atoms with E-state index in [-0.39, 0.29) is 24.4 Å². The monoisotopic (exact) mass is 334 g/mol. The number of rotatable bonds is 5. The zero-order valence-electron chi connectivity index (χ0n) is 13.6. The molecule has 1 aromatic carbocycles. The molecule has 0 unspecified atom stereocenters. The Hall–Kier alpha value is -3.16. The maximum absolute atomic E-state index is 12.3. The Morgan fingerprint density at radius 1 is 1.28 bits per heavy atom. The SMILES string of the molecule is N#Cc1cnn(-c2ccccc2)c1NC(=O)CN[C@H]1CCC[C@H]1C#N. The number of amides is 1. The fourth-order valence-corrected chi connectivity index (χ4v) is 3.07. The van der Waals surface area contributed by atoms with Crippen LogP contribution in [0.5, 0.6) is 0 Å². The predicted molar refractivity (Wildman–Crippen MR) is 91.7 cm³/mol. The van der Waals surface area contributed by atoms with E-state index in [1.165, 1.54) is 10.9 Å². The van der Waals surface area contributed by atoms with Crippen LogP contribution in [0.2, 0.25) is 0 Å². The molecule has 7 nitrogen and oxygen atoms in total. The molecule has 0 radical (unpaired) electrons. The molecule has 2 N–H and O–H groups in total. The number of nitrogens with zero attached hydrogens (tertiary/aromatic N) is 4. The number of hydrogen-bond acceptors (Lipinski definition) is 5. The number of aromatic nitrogens is 2. The van der Waals surface area contributed by atoms with E-state index in [0.29, 0.717) is 11.4 Å². The van der Waals surface area contributed by atoms with Crippen molar-refractivity contribution in [2.75, 3.05) is 11.9 Å². The van der Waals surface area contributed by atoms with Crippen molar-refractivity contribution in [1.29, 1.82) is 10.5 Å². The largest absolute Gasteiger partial charge is 0.308 e. The van der Waals surface area contributed by atoms with Gasteiger partial charge in [0.15, 0.2) is 5.82 Å². The summed E-state index contributed by atoms with van der Waals surface area (Å²) in [4.78, 5) is 12.3. The number of hydrogen-bond donors (Lipinski definition) is 2. The average Bonchev–Trinajstić information content (AvgIpc) is 3.26. The number of carbonyl (C=O) groups excluding carboxylic acids is 1. The Balaban J connectivity index is 1.70. The van der Waals surface area contributed by atoms with Crippen LogP contribution in [-0.4, -0.2) is 28.3 Å². The van der Waals surface area contributed by atoms with Crippen LogP contribution in [0, 0.1) is 28.6 Å². The van der Waals surface area contributed by atoms with Crippen LogP contribution < -0.4 is 10.6 Å². The van der Waals surface area contributed by atoms with E-state index in [9.17, 15) is 10.1 Å². The third kappa shape index (κ3) is 3.68. The highest BCUT2D eigenvalue weighted by molar-refractivity contribution is 5.93. The van der Waals surface area contributed by atoms with Gasteiger partial charge in [-0.15, -0.1) is 0 Å². The molecule has 0 spiro atoms. The Morgan fingerprint density at radius 3 is 2.80 bits per heavy atom. The Morgan fingerprint density at radius 2 is 2.08 bits per heavy atom. The van der Waals surface area contributed by atoms with Gasteiger partial charge in [0.25, 0.3) is 0 Å². The van der Waals surface area contributed by atoms with Crippen LogP contribution in [0.25, 0.3) is 5.69 Å². The Kier molecular flexibility index (Phi) is 5.08. The highest BCUT2D eigenvalue weighted by atomic mass is 16.2. The minimum absolute atomic E-state index is 0.0442. The zero-order valence-corrected chi connectivity index (χ0v) is 13.6. The molecule has 1 aromatic heterocycles. The average molecular weight is 334 g/mol. The van der Waals surface area contributed by atoms with Crippen molar-refractivity contribution in [1.82, 2.24) is 15.1 Å². The fraction of sp³-hybridized carbons (Fsp3) is 0.333. The highest BCUT2D eigenvalue weighted by Crippen LogP contribution is 2.24. The molecule has 0 aliphatic heterocycles. The highest BCUT2D eigenvalue weighted by Gasteiger charge is 2.27. The normalized spacial score (nSPS) is 19.1. The molecule has 1 heterocycles. The maximum Gasteiger partial charge on any atom is 0.239 e. The molecule has 1 aliphatic rings. The second-order valence-corrected chi connectivity index (χ2v) is 5.97. The van der Waals surface area contributed by atoms with E-state index in [0.717, 1.165) is 24.9 Å². The topological polar surface area (TPSA) is 107 Å². The van der Waals surface area contributed by atoms with Crippen LogP contribution in [0.3, 0.4) is 0 Å². The molecule has 1 amide bonds. The number of nitrogens with one attached hydrogen (secondary N) is 2. The number of benzene rings is 1. The van der Waals surface area contributed by atoms with Gasteiger partial charge in [0.05, 0.1) is 30.4 Å². The van der Waals surface area contributed by atoms with Crippen molar-refractivity contribution in [3.8, 4) is 17.8 Å². The molecule has 7 heteroatoms. The molecule has 3 rings (SSSR count). The molecule has 0 saturated heterocycles. The molecule has 1 aliphatic carbocycles. The summed E-state index contributed by atoms with van der Waals surface area (Å²) in [5.74, 6) is 0.0406. The molecule has 2 atom stereocenters. The van der Waals surface area contributed by atoms with Crippen molar-refractivity contribution >= 4 is 11.7 Å². The van der Waals surface area contributed by atoms with Gasteiger partial charge in [-0.25, -0.2) is 4.68 Å². The summed E-state index contributed by atoms with van der Waals surface area (Å²) in [7, 11) is 0. The van der Waals surface area contributed by atoms with Gasteiger partial charge in [0, 0.05) is 6.04 Å². The molecule has 1 saturated carbocycles. The summed E-state index contributed by atoms with van der Waals surface area (Å²) < 4.78 is 1.53. The third-order valence-corrected chi connectivity index (χ3v) is 4.35. The van der Waals surface area contributed by atoms with Gasteiger partial charge >= 0.3 is 0 Å². The molecular formula is C18H18N6O. The van der Waals surface area contributed by atoms with Crippen molar-refractivity contribution in [2.45, 2.75) is 25.3 Å².